The Bertz CT molecular complexity index is 912. The minimum absolute atomic E-state index is 0.0909. The Morgan fingerprint density at radius 3 is 2.64 bits per heavy atom. The molecule has 9 heteroatoms. The SMILES string of the molecule is CCCCOc1ccc(C(=O)NC(=S)Nc2sc(C)c(C)c2C(N)=O)cc1Br. The van der Waals surface area contributed by atoms with Gasteiger partial charge in [-0.05, 0) is 72.2 Å². The molecule has 1 aromatic carbocycles. The maximum atomic E-state index is 12.5. The number of anilines is 1. The van der Waals surface area contributed by atoms with Crippen molar-refractivity contribution < 1.29 is 14.3 Å². The zero-order chi connectivity index (χ0) is 20.8. The standard InChI is InChI=1S/C19H22BrN3O3S2/c1-4-5-8-26-14-7-6-12(9-13(14)20)17(25)22-19(27)23-18-15(16(21)24)10(2)11(3)28-18/h6-7,9H,4-5,8H2,1-3H3,(H2,21,24)(H2,22,23,25,27). The number of halogens is 1. The fourth-order valence-corrected chi connectivity index (χ4v) is 4.23. The molecule has 0 radical (unpaired) electrons. The van der Waals surface area contributed by atoms with Crippen molar-refractivity contribution in [3.05, 3.63) is 44.2 Å². The van der Waals surface area contributed by atoms with Crippen LogP contribution in [0.5, 0.6) is 5.75 Å². The van der Waals surface area contributed by atoms with Crippen molar-refractivity contribution in [2.75, 3.05) is 11.9 Å². The molecule has 0 aliphatic carbocycles. The van der Waals surface area contributed by atoms with Crippen LogP contribution in [0.1, 0.15) is 50.9 Å². The van der Waals surface area contributed by atoms with Gasteiger partial charge in [0, 0.05) is 10.4 Å². The summed E-state index contributed by atoms with van der Waals surface area (Å²) in [5, 5.41) is 6.12. The molecular formula is C19H22BrN3O3S2. The van der Waals surface area contributed by atoms with Gasteiger partial charge in [0.25, 0.3) is 11.8 Å². The highest BCUT2D eigenvalue weighted by Crippen LogP contribution is 2.32. The topological polar surface area (TPSA) is 93.4 Å². The summed E-state index contributed by atoms with van der Waals surface area (Å²) in [5.41, 5.74) is 7.06. The van der Waals surface area contributed by atoms with Crippen molar-refractivity contribution in [1.29, 1.82) is 0 Å². The molecule has 28 heavy (non-hydrogen) atoms. The fraction of sp³-hybridized carbons (Fsp3) is 0.316. The van der Waals surface area contributed by atoms with Crippen LogP contribution in [-0.2, 0) is 0 Å². The summed E-state index contributed by atoms with van der Waals surface area (Å²) >= 11 is 10.00. The molecule has 0 spiro atoms. The summed E-state index contributed by atoms with van der Waals surface area (Å²) in [6, 6.07) is 5.08. The molecule has 0 aliphatic heterocycles. The van der Waals surface area contributed by atoms with Crippen LogP contribution in [0.25, 0.3) is 0 Å². The molecular weight excluding hydrogens is 462 g/mol. The second kappa shape index (κ2) is 9.99. The van der Waals surface area contributed by atoms with Gasteiger partial charge in [-0.1, -0.05) is 13.3 Å². The van der Waals surface area contributed by atoms with Gasteiger partial charge in [0.1, 0.15) is 10.8 Å². The number of hydrogen-bond donors (Lipinski definition) is 3. The van der Waals surface area contributed by atoms with Crippen molar-refractivity contribution in [2.24, 2.45) is 5.73 Å². The summed E-state index contributed by atoms with van der Waals surface area (Å²) in [5.74, 6) is -0.230. The predicted molar refractivity (Wildman–Crippen MR) is 121 cm³/mol. The number of thiophene rings is 1. The highest BCUT2D eigenvalue weighted by molar-refractivity contribution is 9.10. The number of amides is 2. The Morgan fingerprint density at radius 1 is 1.32 bits per heavy atom. The number of thiocarbonyl (C=S) groups is 1. The summed E-state index contributed by atoms with van der Waals surface area (Å²) in [6.07, 6.45) is 2.01. The molecule has 1 aromatic heterocycles. The molecule has 0 fully saturated rings. The lowest BCUT2D eigenvalue weighted by atomic mass is 10.1. The van der Waals surface area contributed by atoms with Gasteiger partial charge in [-0.15, -0.1) is 11.3 Å². The quantitative estimate of drug-likeness (QED) is 0.397. The lowest BCUT2D eigenvalue weighted by Crippen LogP contribution is -2.34. The molecule has 1 heterocycles. The van der Waals surface area contributed by atoms with Crippen LogP contribution >= 0.6 is 39.5 Å². The maximum absolute atomic E-state index is 12.5. The number of primary amides is 1. The third kappa shape index (κ3) is 5.52. The van der Waals surface area contributed by atoms with Gasteiger partial charge in [-0.3, -0.25) is 14.9 Å². The van der Waals surface area contributed by atoms with Crippen LogP contribution in [-0.4, -0.2) is 23.5 Å². The number of hydrogen-bond acceptors (Lipinski definition) is 5. The average molecular weight is 484 g/mol. The van der Waals surface area contributed by atoms with Gasteiger partial charge in [-0.25, -0.2) is 0 Å². The Labute approximate surface area is 182 Å². The average Bonchev–Trinajstić information content (AvgIpc) is 2.89. The van der Waals surface area contributed by atoms with E-state index in [1.165, 1.54) is 11.3 Å². The Morgan fingerprint density at radius 2 is 2.04 bits per heavy atom. The molecule has 0 atom stereocenters. The zero-order valence-electron chi connectivity index (χ0n) is 15.8. The molecule has 2 amide bonds. The van der Waals surface area contributed by atoms with Crippen LogP contribution in [0.3, 0.4) is 0 Å². The first-order chi connectivity index (χ1) is 13.2. The van der Waals surface area contributed by atoms with E-state index in [0.29, 0.717) is 33.0 Å². The highest BCUT2D eigenvalue weighted by atomic mass is 79.9. The number of carbonyl (C=O) groups is 2. The van der Waals surface area contributed by atoms with Gasteiger partial charge in [-0.2, -0.15) is 0 Å². The monoisotopic (exact) mass is 483 g/mol. The largest absolute Gasteiger partial charge is 0.492 e. The van der Waals surface area contributed by atoms with Crippen LogP contribution < -0.4 is 21.1 Å². The molecule has 0 aliphatic rings. The van der Waals surface area contributed by atoms with E-state index in [4.69, 9.17) is 22.7 Å². The second-order valence-electron chi connectivity index (χ2n) is 6.11. The van der Waals surface area contributed by atoms with Crippen molar-refractivity contribution in [2.45, 2.75) is 33.6 Å². The third-order valence-electron chi connectivity index (χ3n) is 4.04. The zero-order valence-corrected chi connectivity index (χ0v) is 19.1. The lowest BCUT2D eigenvalue weighted by Gasteiger charge is -2.11. The molecule has 0 unspecified atom stereocenters. The fourth-order valence-electron chi connectivity index (χ4n) is 2.41. The van der Waals surface area contributed by atoms with E-state index in [0.717, 1.165) is 23.3 Å². The first-order valence-electron chi connectivity index (χ1n) is 8.69. The minimum Gasteiger partial charge on any atom is -0.492 e. The van der Waals surface area contributed by atoms with E-state index in [1.807, 2.05) is 13.8 Å². The minimum atomic E-state index is -0.541. The molecule has 2 aromatic rings. The Balaban J connectivity index is 2.05. The van der Waals surface area contributed by atoms with Gasteiger partial charge in [0.05, 0.1) is 16.6 Å². The van der Waals surface area contributed by atoms with E-state index >= 15 is 0 Å². The molecule has 0 saturated carbocycles. The number of aryl methyl sites for hydroxylation is 1. The summed E-state index contributed by atoms with van der Waals surface area (Å²) in [4.78, 5) is 25.1. The number of unbranched alkanes of at least 4 members (excludes halogenated alkanes) is 1. The molecule has 6 nitrogen and oxygen atoms in total. The molecule has 2 rings (SSSR count). The Kier molecular flexibility index (Phi) is 7.97. The van der Waals surface area contributed by atoms with E-state index in [9.17, 15) is 9.59 Å². The smallest absolute Gasteiger partial charge is 0.257 e. The third-order valence-corrected chi connectivity index (χ3v) is 5.98. The summed E-state index contributed by atoms with van der Waals surface area (Å²) in [6.45, 7) is 6.42. The van der Waals surface area contributed by atoms with Crippen molar-refractivity contribution in [1.82, 2.24) is 5.32 Å². The Hall–Kier alpha value is -1.97. The predicted octanol–water partition coefficient (Wildman–Crippen LogP) is 4.53. The number of benzene rings is 1. The number of rotatable bonds is 7. The van der Waals surface area contributed by atoms with Gasteiger partial charge < -0.3 is 15.8 Å². The summed E-state index contributed by atoms with van der Waals surface area (Å²) < 4.78 is 6.35. The van der Waals surface area contributed by atoms with E-state index < -0.39 is 5.91 Å². The van der Waals surface area contributed by atoms with Gasteiger partial charge in [0.2, 0.25) is 0 Å². The number of ether oxygens (including phenoxy) is 1. The molecule has 0 saturated heterocycles. The van der Waals surface area contributed by atoms with Crippen molar-refractivity contribution >= 4 is 61.4 Å². The molecule has 150 valence electrons. The highest BCUT2D eigenvalue weighted by Gasteiger charge is 2.19. The van der Waals surface area contributed by atoms with Crippen LogP contribution in [0.2, 0.25) is 0 Å². The lowest BCUT2D eigenvalue weighted by molar-refractivity contribution is 0.0975. The maximum Gasteiger partial charge on any atom is 0.257 e. The van der Waals surface area contributed by atoms with E-state index in [-0.39, 0.29) is 11.0 Å². The van der Waals surface area contributed by atoms with E-state index in [2.05, 4.69) is 33.5 Å². The van der Waals surface area contributed by atoms with Gasteiger partial charge >= 0.3 is 0 Å². The number of nitrogens with two attached hydrogens (primary N) is 1. The molecule has 0 bridgehead atoms. The van der Waals surface area contributed by atoms with Crippen molar-refractivity contribution in [3.63, 3.8) is 0 Å². The first kappa shape index (κ1) is 22.3. The van der Waals surface area contributed by atoms with Crippen LogP contribution in [0.4, 0.5) is 5.00 Å². The van der Waals surface area contributed by atoms with E-state index in [1.54, 1.807) is 18.2 Å². The van der Waals surface area contributed by atoms with Crippen LogP contribution in [0.15, 0.2) is 22.7 Å². The second-order valence-corrected chi connectivity index (χ2v) is 8.59. The van der Waals surface area contributed by atoms with Gasteiger partial charge in [0.15, 0.2) is 5.11 Å². The summed E-state index contributed by atoms with van der Waals surface area (Å²) in [7, 11) is 0. The number of nitrogens with one attached hydrogen (secondary N) is 2. The normalized spacial score (nSPS) is 10.4. The van der Waals surface area contributed by atoms with Crippen LogP contribution in [0, 0.1) is 13.8 Å². The molecule has 4 N–H and O–H groups in total. The number of carbonyl (C=O) groups excluding carboxylic acids is 2. The first-order valence-corrected chi connectivity index (χ1v) is 10.7. The van der Waals surface area contributed by atoms with Crippen molar-refractivity contribution in [3.8, 4) is 5.75 Å².